The van der Waals surface area contributed by atoms with Gasteiger partial charge in [-0.3, -0.25) is 9.69 Å². The third-order valence-corrected chi connectivity index (χ3v) is 6.75. The van der Waals surface area contributed by atoms with Gasteiger partial charge in [0.1, 0.15) is 17.3 Å². The first-order chi connectivity index (χ1) is 16.1. The number of nitrogens with zero attached hydrogens (tertiary/aromatic N) is 2. The lowest BCUT2D eigenvalue weighted by atomic mass is 10.1. The minimum Gasteiger partial charge on any atom is -0.497 e. The quantitative estimate of drug-likeness (QED) is 0.474. The van der Waals surface area contributed by atoms with Crippen LogP contribution in [0.4, 0.5) is 10.1 Å². The zero-order valence-electron chi connectivity index (χ0n) is 18.6. The number of benzene rings is 2. The number of methoxy groups -OCH3 is 1. The molecule has 1 saturated heterocycles. The molecule has 0 bridgehead atoms. The van der Waals surface area contributed by atoms with Crippen molar-refractivity contribution in [1.29, 1.82) is 0 Å². The Labute approximate surface area is 197 Å². The number of piperazine rings is 1. The van der Waals surface area contributed by atoms with Crippen molar-refractivity contribution in [2.24, 2.45) is 0 Å². The summed E-state index contributed by atoms with van der Waals surface area (Å²) in [7, 11) is 1.67. The molecule has 1 unspecified atom stereocenters. The van der Waals surface area contributed by atoms with Gasteiger partial charge in [0.25, 0.3) is 0 Å². The van der Waals surface area contributed by atoms with Crippen LogP contribution in [0.1, 0.15) is 11.8 Å². The molecule has 8 heteroatoms. The van der Waals surface area contributed by atoms with Gasteiger partial charge >= 0.3 is 0 Å². The zero-order valence-corrected chi connectivity index (χ0v) is 19.4. The van der Waals surface area contributed by atoms with E-state index in [0.29, 0.717) is 6.54 Å². The number of hydrogen-bond acceptors (Lipinski definition) is 6. The van der Waals surface area contributed by atoms with Crippen molar-refractivity contribution in [2.45, 2.75) is 10.9 Å². The number of hydrogen-bond donors (Lipinski definition) is 1. The third kappa shape index (κ3) is 6.30. The van der Waals surface area contributed by atoms with Crippen LogP contribution >= 0.6 is 11.8 Å². The second-order valence-electron chi connectivity index (χ2n) is 7.80. The Kier molecular flexibility index (Phi) is 7.91. The average molecular weight is 470 g/mol. The molecule has 4 rings (SSSR count). The Balaban J connectivity index is 1.31. The number of nitrogens with one attached hydrogen (secondary N) is 1. The number of rotatable bonds is 9. The van der Waals surface area contributed by atoms with Gasteiger partial charge in [0, 0.05) is 43.3 Å². The van der Waals surface area contributed by atoms with E-state index in [1.165, 1.54) is 29.6 Å². The maximum atomic E-state index is 13.0. The summed E-state index contributed by atoms with van der Waals surface area (Å²) in [5.74, 6) is 1.64. The van der Waals surface area contributed by atoms with E-state index in [0.717, 1.165) is 42.6 Å². The van der Waals surface area contributed by atoms with Crippen molar-refractivity contribution < 1.29 is 18.3 Å². The predicted octanol–water partition coefficient (Wildman–Crippen LogP) is 4.20. The lowest BCUT2D eigenvalue weighted by Crippen LogP contribution is -2.50. The second-order valence-corrected chi connectivity index (χ2v) is 8.85. The van der Waals surface area contributed by atoms with E-state index >= 15 is 0 Å². The fraction of sp³-hybridized carbons (Fsp3) is 0.320. The van der Waals surface area contributed by atoms with Crippen LogP contribution in [0.2, 0.25) is 0 Å². The first-order valence-corrected chi connectivity index (χ1v) is 11.9. The average Bonchev–Trinajstić information content (AvgIpc) is 3.39. The van der Waals surface area contributed by atoms with Gasteiger partial charge in [0.05, 0.1) is 25.2 Å². The van der Waals surface area contributed by atoms with E-state index in [1.807, 2.05) is 24.3 Å². The largest absolute Gasteiger partial charge is 0.497 e. The van der Waals surface area contributed by atoms with Crippen LogP contribution in [0.3, 0.4) is 0 Å². The minimum atomic E-state index is -0.280. The summed E-state index contributed by atoms with van der Waals surface area (Å²) in [6.45, 7) is 3.96. The fourth-order valence-corrected chi connectivity index (χ4v) is 4.64. The lowest BCUT2D eigenvalue weighted by molar-refractivity contribution is -0.118. The zero-order chi connectivity index (χ0) is 23.0. The summed E-state index contributed by atoms with van der Waals surface area (Å²) in [4.78, 5) is 18.0. The molecule has 1 N–H and O–H groups in total. The number of carbonyl (C=O) groups is 1. The van der Waals surface area contributed by atoms with Gasteiger partial charge in [-0.05, 0) is 60.7 Å². The number of furan rings is 1. The molecule has 33 heavy (non-hydrogen) atoms. The highest BCUT2D eigenvalue weighted by Gasteiger charge is 2.27. The Morgan fingerprint density at radius 3 is 2.45 bits per heavy atom. The topological polar surface area (TPSA) is 58.0 Å². The number of ether oxygens (including phenoxy) is 1. The molecular formula is C25H28FN3O3S. The molecule has 1 atom stereocenters. The van der Waals surface area contributed by atoms with E-state index < -0.39 is 0 Å². The highest BCUT2D eigenvalue weighted by Crippen LogP contribution is 2.26. The summed E-state index contributed by atoms with van der Waals surface area (Å²) in [5, 5.41) is 3.04. The van der Waals surface area contributed by atoms with E-state index in [2.05, 4.69) is 27.2 Å². The Bertz CT molecular complexity index is 1000. The van der Waals surface area contributed by atoms with Gasteiger partial charge < -0.3 is 19.4 Å². The van der Waals surface area contributed by atoms with Gasteiger partial charge in [0.15, 0.2) is 0 Å². The summed E-state index contributed by atoms with van der Waals surface area (Å²) in [6.07, 6.45) is 1.67. The SMILES string of the molecule is COc1ccc(N2CCN(C(CNC(=O)CSc3ccc(F)cc3)c3ccco3)CC2)cc1. The molecule has 2 heterocycles. The van der Waals surface area contributed by atoms with Crippen LogP contribution in [0.5, 0.6) is 5.75 Å². The molecule has 0 spiro atoms. The number of carbonyl (C=O) groups excluding carboxylic acids is 1. The molecule has 1 fully saturated rings. The van der Waals surface area contributed by atoms with Crippen LogP contribution in [-0.4, -0.2) is 56.4 Å². The second kappa shape index (κ2) is 11.2. The fourth-order valence-electron chi connectivity index (χ4n) is 3.92. The summed E-state index contributed by atoms with van der Waals surface area (Å²) < 4.78 is 24.0. The molecule has 2 aromatic carbocycles. The van der Waals surface area contributed by atoms with E-state index in [4.69, 9.17) is 9.15 Å². The van der Waals surface area contributed by atoms with Crippen molar-refractivity contribution in [2.75, 3.05) is 50.5 Å². The summed E-state index contributed by atoms with van der Waals surface area (Å²) in [6, 6.07) is 18.1. The van der Waals surface area contributed by atoms with Crippen LogP contribution in [0, 0.1) is 5.82 Å². The Morgan fingerprint density at radius 1 is 1.09 bits per heavy atom. The lowest BCUT2D eigenvalue weighted by Gasteiger charge is -2.39. The molecule has 1 aromatic heterocycles. The van der Waals surface area contributed by atoms with Gasteiger partial charge in [-0.25, -0.2) is 4.39 Å². The highest BCUT2D eigenvalue weighted by atomic mass is 32.2. The highest BCUT2D eigenvalue weighted by molar-refractivity contribution is 8.00. The van der Waals surface area contributed by atoms with Gasteiger partial charge in [-0.1, -0.05) is 0 Å². The van der Waals surface area contributed by atoms with Crippen molar-refractivity contribution >= 4 is 23.4 Å². The molecule has 3 aromatic rings. The molecule has 6 nitrogen and oxygen atoms in total. The van der Waals surface area contributed by atoms with Crippen LogP contribution in [0.15, 0.2) is 76.2 Å². The monoisotopic (exact) mass is 469 g/mol. The standard InChI is InChI=1S/C25H28FN3O3S/c1-31-21-8-6-20(7-9-21)28-12-14-29(15-13-28)23(24-3-2-16-32-24)17-27-25(30)18-33-22-10-4-19(26)5-11-22/h2-11,16,23H,12-15,17-18H2,1H3,(H,27,30). The van der Waals surface area contributed by atoms with Crippen molar-refractivity contribution in [1.82, 2.24) is 10.2 Å². The van der Waals surface area contributed by atoms with Crippen LogP contribution < -0.4 is 15.0 Å². The Morgan fingerprint density at radius 2 is 1.82 bits per heavy atom. The number of halogens is 1. The predicted molar refractivity (Wildman–Crippen MR) is 128 cm³/mol. The molecule has 0 radical (unpaired) electrons. The van der Waals surface area contributed by atoms with Crippen molar-refractivity contribution in [3.63, 3.8) is 0 Å². The molecule has 1 aliphatic rings. The first-order valence-electron chi connectivity index (χ1n) is 10.9. The normalized spacial score (nSPS) is 15.3. The van der Waals surface area contributed by atoms with Crippen molar-refractivity contribution in [3.05, 3.63) is 78.5 Å². The molecular weight excluding hydrogens is 441 g/mol. The van der Waals surface area contributed by atoms with Crippen LogP contribution in [-0.2, 0) is 4.79 Å². The molecule has 1 amide bonds. The number of amides is 1. The maximum absolute atomic E-state index is 13.0. The summed E-state index contributed by atoms with van der Waals surface area (Å²) in [5.41, 5.74) is 1.18. The van der Waals surface area contributed by atoms with E-state index in [9.17, 15) is 9.18 Å². The maximum Gasteiger partial charge on any atom is 0.230 e. The van der Waals surface area contributed by atoms with Gasteiger partial charge in [0.2, 0.25) is 5.91 Å². The van der Waals surface area contributed by atoms with Gasteiger partial charge in [-0.2, -0.15) is 0 Å². The van der Waals surface area contributed by atoms with Gasteiger partial charge in [-0.15, -0.1) is 11.8 Å². The van der Waals surface area contributed by atoms with Crippen molar-refractivity contribution in [3.8, 4) is 5.75 Å². The molecule has 0 aliphatic carbocycles. The van der Waals surface area contributed by atoms with E-state index in [-0.39, 0.29) is 23.5 Å². The molecule has 174 valence electrons. The smallest absolute Gasteiger partial charge is 0.230 e. The molecule has 1 aliphatic heterocycles. The first kappa shape index (κ1) is 23.2. The molecule has 0 saturated carbocycles. The number of thioether (sulfide) groups is 1. The Hall–Kier alpha value is -2.97. The third-order valence-electron chi connectivity index (χ3n) is 5.74. The van der Waals surface area contributed by atoms with Crippen LogP contribution in [0.25, 0.3) is 0 Å². The summed E-state index contributed by atoms with van der Waals surface area (Å²) >= 11 is 1.39. The minimum absolute atomic E-state index is 0.0298. The number of anilines is 1. The van der Waals surface area contributed by atoms with E-state index in [1.54, 1.807) is 25.5 Å².